The summed E-state index contributed by atoms with van der Waals surface area (Å²) in [4.78, 5) is 5.91. The molecule has 0 aliphatic rings. The number of hydrogen-bond donors (Lipinski definition) is 1. The van der Waals surface area contributed by atoms with Crippen molar-refractivity contribution in [2.75, 3.05) is 5.32 Å². The van der Waals surface area contributed by atoms with Crippen molar-refractivity contribution >= 4 is 17.0 Å². The fourth-order valence-electron chi connectivity index (χ4n) is 2.39. The van der Waals surface area contributed by atoms with Crippen LogP contribution >= 0.6 is 0 Å². The van der Waals surface area contributed by atoms with Crippen molar-refractivity contribution in [1.29, 1.82) is 0 Å². The van der Waals surface area contributed by atoms with E-state index >= 15 is 0 Å². The fourth-order valence-corrected chi connectivity index (χ4v) is 2.39. The first kappa shape index (κ1) is 14.3. The highest BCUT2D eigenvalue weighted by Crippen LogP contribution is 2.23. The molecule has 0 atom stereocenters. The van der Waals surface area contributed by atoms with E-state index in [1.165, 1.54) is 6.33 Å². The molecule has 1 aromatic carbocycles. The van der Waals surface area contributed by atoms with Crippen molar-refractivity contribution < 1.29 is 0 Å². The van der Waals surface area contributed by atoms with Gasteiger partial charge in [0.05, 0.1) is 6.04 Å². The molecular formula is C16H16N8. The number of nitrogens with zero attached hydrogens (tertiary/aromatic N) is 7. The summed E-state index contributed by atoms with van der Waals surface area (Å²) in [5, 5.41) is 20.1. The highest BCUT2D eigenvalue weighted by atomic mass is 15.6. The van der Waals surface area contributed by atoms with Gasteiger partial charge in [-0.15, -0.1) is 10.2 Å². The lowest BCUT2D eigenvalue weighted by atomic mass is 10.2. The molecule has 1 N–H and O–H groups in total. The first-order chi connectivity index (χ1) is 11.7. The van der Waals surface area contributed by atoms with Gasteiger partial charge in [0.2, 0.25) is 5.82 Å². The smallest absolute Gasteiger partial charge is 0.205 e. The van der Waals surface area contributed by atoms with E-state index in [0.29, 0.717) is 5.82 Å². The van der Waals surface area contributed by atoms with E-state index in [4.69, 9.17) is 0 Å². The highest BCUT2D eigenvalue weighted by Gasteiger charge is 2.09. The third-order valence-corrected chi connectivity index (χ3v) is 3.61. The zero-order valence-electron chi connectivity index (χ0n) is 13.3. The van der Waals surface area contributed by atoms with Crippen molar-refractivity contribution in [3.63, 3.8) is 0 Å². The molecule has 0 saturated heterocycles. The summed E-state index contributed by atoms with van der Waals surface area (Å²) >= 11 is 0. The van der Waals surface area contributed by atoms with Gasteiger partial charge < -0.3 is 5.32 Å². The average molecular weight is 320 g/mol. The van der Waals surface area contributed by atoms with Crippen LogP contribution in [0.5, 0.6) is 0 Å². The predicted molar refractivity (Wildman–Crippen MR) is 89.9 cm³/mol. The molecule has 120 valence electrons. The lowest BCUT2D eigenvalue weighted by Crippen LogP contribution is -2.04. The van der Waals surface area contributed by atoms with Gasteiger partial charge >= 0.3 is 0 Å². The van der Waals surface area contributed by atoms with Crippen LogP contribution in [0.4, 0.5) is 11.5 Å². The molecular weight excluding hydrogens is 304 g/mol. The molecule has 0 radical (unpaired) electrons. The molecule has 4 rings (SSSR count). The van der Waals surface area contributed by atoms with E-state index in [1.54, 1.807) is 9.31 Å². The van der Waals surface area contributed by atoms with Gasteiger partial charge in [-0.25, -0.2) is 9.50 Å². The molecule has 8 heteroatoms. The van der Waals surface area contributed by atoms with Crippen LogP contribution in [0, 0.1) is 0 Å². The minimum atomic E-state index is 0.177. The summed E-state index contributed by atoms with van der Waals surface area (Å²) < 4.78 is 1.77. The molecule has 4 aromatic rings. The zero-order chi connectivity index (χ0) is 16.5. The number of anilines is 2. The summed E-state index contributed by atoms with van der Waals surface area (Å²) in [6, 6.07) is 11.9. The van der Waals surface area contributed by atoms with Crippen molar-refractivity contribution in [2.45, 2.75) is 19.9 Å². The second kappa shape index (κ2) is 5.73. The monoisotopic (exact) mass is 320 g/mol. The van der Waals surface area contributed by atoms with Gasteiger partial charge in [-0.3, -0.25) is 0 Å². The SMILES string of the molecule is CC(C)n1nnc(-c2cccc(Nc3ncnn4cccc34)c2)n1. The molecule has 0 aliphatic carbocycles. The Bertz CT molecular complexity index is 984. The predicted octanol–water partition coefficient (Wildman–Crippen LogP) is 2.71. The summed E-state index contributed by atoms with van der Waals surface area (Å²) in [5.41, 5.74) is 2.70. The summed E-state index contributed by atoms with van der Waals surface area (Å²) in [6.45, 7) is 4.03. The molecule has 24 heavy (non-hydrogen) atoms. The topological polar surface area (TPSA) is 85.8 Å². The third-order valence-electron chi connectivity index (χ3n) is 3.61. The number of fused-ring (bicyclic) bond motifs is 1. The Morgan fingerprint density at radius 2 is 2.04 bits per heavy atom. The first-order valence-electron chi connectivity index (χ1n) is 7.66. The van der Waals surface area contributed by atoms with Gasteiger partial charge in [0.15, 0.2) is 5.82 Å². The summed E-state index contributed by atoms with van der Waals surface area (Å²) in [6.07, 6.45) is 3.40. The minimum Gasteiger partial charge on any atom is -0.338 e. The Balaban J connectivity index is 1.66. The van der Waals surface area contributed by atoms with Crippen molar-refractivity contribution in [3.8, 4) is 11.4 Å². The quantitative estimate of drug-likeness (QED) is 0.622. The Morgan fingerprint density at radius 3 is 2.88 bits per heavy atom. The third kappa shape index (κ3) is 2.58. The van der Waals surface area contributed by atoms with E-state index in [2.05, 4.69) is 30.8 Å². The molecule has 8 nitrogen and oxygen atoms in total. The van der Waals surface area contributed by atoms with Gasteiger partial charge in [-0.2, -0.15) is 9.90 Å². The van der Waals surface area contributed by atoms with Gasteiger partial charge in [0, 0.05) is 17.4 Å². The van der Waals surface area contributed by atoms with Crippen molar-refractivity contribution in [1.82, 2.24) is 34.8 Å². The Kier molecular flexibility index (Phi) is 3.42. The van der Waals surface area contributed by atoms with Gasteiger partial charge in [-0.05, 0) is 43.3 Å². The summed E-state index contributed by atoms with van der Waals surface area (Å²) in [7, 11) is 0. The molecule has 0 saturated carbocycles. The van der Waals surface area contributed by atoms with Gasteiger partial charge in [0.25, 0.3) is 0 Å². The second-order valence-electron chi connectivity index (χ2n) is 5.68. The number of tetrazole rings is 1. The molecule has 0 spiro atoms. The number of hydrogen-bond acceptors (Lipinski definition) is 6. The molecule has 3 heterocycles. The van der Waals surface area contributed by atoms with Crippen LogP contribution in [0.15, 0.2) is 48.9 Å². The van der Waals surface area contributed by atoms with Crippen molar-refractivity contribution in [2.24, 2.45) is 0 Å². The average Bonchev–Trinajstić information content (AvgIpc) is 3.25. The van der Waals surface area contributed by atoms with E-state index in [0.717, 1.165) is 22.6 Å². The zero-order valence-corrected chi connectivity index (χ0v) is 13.3. The van der Waals surface area contributed by atoms with Crippen LogP contribution in [-0.4, -0.2) is 34.8 Å². The lowest BCUT2D eigenvalue weighted by molar-refractivity contribution is 0.455. The number of aromatic nitrogens is 7. The van der Waals surface area contributed by atoms with E-state index in [9.17, 15) is 0 Å². The number of benzene rings is 1. The molecule has 0 fully saturated rings. The van der Waals surface area contributed by atoms with E-state index in [-0.39, 0.29) is 6.04 Å². The van der Waals surface area contributed by atoms with Crippen molar-refractivity contribution in [3.05, 3.63) is 48.9 Å². The van der Waals surface area contributed by atoms with Gasteiger partial charge in [0.1, 0.15) is 11.8 Å². The summed E-state index contributed by atoms with van der Waals surface area (Å²) in [5.74, 6) is 1.34. The minimum absolute atomic E-state index is 0.177. The van der Waals surface area contributed by atoms with E-state index < -0.39 is 0 Å². The maximum atomic E-state index is 4.41. The largest absolute Gasteiger partial charge is 0.338 e. The molecule has 0 bridgehead atoms. The van der Waals surface area contributed by atoms with Crippen LogP contribution in [0.2, 0.25) is 0 Å². The van der Waals surface area contributed by atoms with Crippen LogP contribution in [0.25, 0.3) is 16.9 Å². The Hall–Kier alpha value is -3.29. The molecule has 0 aliphatic heterocycles. The van der Waals surface area contributed by atoms with Crippen LogP contribution < -0.4 is 5.32 Å². The molecule has 3 aromatic heterocycles. The number of nitrogens with one attached hydrogen (secondary N) is 1. The maximum Gasteiger partial charge on any atom is 0.205 e. The Labute approximate surface area is 138 Å². The van der Waals surface area contributed by atoms with Crippen LogP contribution in [0.1, 0.15) is 19.9 Å². The second-order valence-corrected chi connectivity index (χ2v) is 5.68. The van der Waals surface area contributed by atoms with Crippen LogP contribution in [0.3, 0.4) is 0 Å². The highest BCUT2D eigenvalue weighted by molar-refractivity contribution is 5.74. The maximum absolute atomic E-state index is 4.41. The standard InChI is InChI=1S/C16H16N8/c1-11(2)24-21-15(20-22-24)12-5-3-6-13(9-12)19-16-14-7-4-8-23(14)18-10-17-16/h3-11H,1-2H3,(H,17,18,19). The van der Waals surface area contributed by atoms with Gasteiger partial charge in [-0.1, -0.05) is 12.1 Å². The molecule has 0 amide bonds. The number of rotatable bonds is 4. The Morgan fingerprint density at radius 1 is 1.12 bits per heavy atom. The van der Waals surface area contributed by atoms with Crippen LogP contribution in [-0.2, 0) is 0 Å². The lowest BCUT2D eigenvalue weighted by Gasteiger charge is -2.07. The first-order valence-corrected chi connectivity index (χ1v) is 7.66. The fraction of sp³-hybridized carbons (Fsp3) is 0.188. The van der Waals surface area contributed by atoms with E-state index in [1.807, 2.05) is 56.4 Å². The normalized spacial score (nSPS) is 11.3. The molecule has 0 unspecified atom stereocenters.